The van der Waals surface area contributed by atoms with E-state index in [4.69, 9.17) is 18.9 Å². The normalized spacial score (nSPS) is 28.5. The molecule has 0 aromatic heterocycles. The highest BCUT2D eigenvalue weighted by Gasteiger charge is 2.46. The van der Waals surface area contributed by atoms with Crippen LogP contribution in [0.25, 0.3) is 0 Å². The van der Waals surface area contributed by atoms with Crippen molar-refractivity contribution in [2.45, 2.75) is 82.9 Å². The maximum atomic E-state index is 15.1. The van der Waals surface area contributed by atoms with E-state index in [0.717, 1.165) is 19.3 Å². The summed E-state index contributed by atoms with van der Waals surface area (Å²) < 4.78 is 113. The summed E-state index contributed by atoms with van der Waals surface area (Å²) in [6.45, 7) is 3.78. The minimum Gasteiger partial charge on any atom is -0.432 e. The molecule has 1 aliphatic carbocycles. The van der Waals surface area contributed by atoms with Gasteiger partial charge in [0.15, 0.2) is 30.0 Å². The second-order valence-electron chi connectivity index (χ2n) is 11.8. The maximum absolute atomic E-state index is 15.1. The first kappa shape index (κ1) is 32.1. The summed E-state index contributed by atoms with van der Waals surface area (Å²) in [4.78, 5) is 0. The van der Waals surface area contributed by atoms with Crippen LogP contribution >= 0.6 is 0 Å². The Kier molecular flexibility index (Phi) is 10.6. The fourth-order valence-corrected chi connectivity index (χ4v) is 6.14. The van der Waals surface area contributed by atoms with Crippen molar-refractivity contribution < 1.29 is 50.0 Å². The highest BCUT2D eigenvalue weighted by atomic mass is 19.3. The molecule has 0 spiro atoms. The monoisotopic (exact) mass is 616 g/mol. The number of hydrogen-bond donors (Lipinski definition) is 0. The van der Waals surface area contributed by atoms with E-state index in [2.05, 4.69) is 11.7 Å². The molecule has 0 unspecified atom stereocenters. The van der Waals surface area contributed by atoms with Crippen LogP contribution in [-0.2, 0) is 18.9 Å². The molecule has 5 nitrogen and oxygen atoms in total. The average molecular weight is 617 g/mol. The van der Waals surface area contributed by atoms with Crippen molar-refractivity contribution in [2.75, 3.05) is 26.4 Å². The third-order valence-electron chi connectivity index (χ3n) is 8.69. The van der Waals surface area contributed by atoms with Gasteiger partial charge < -0.3 is 23.7 Å². The largest absolute Gasteiger partial charge is 0.432 e. The van der Waals surface area contributed by atoms with Gasteiger partial charge in [-0.1, -0.05) is 38.3 Å². The van der Waals surface area contributed by atoms with Gasteiger partial charge in [0, 0.05) is 35.4 Å². The minimum atomic E-state index is -3.70. The van der Waals surface area contributed by atoms with Crippen LogP contribution in [0, 0.1) is 41.0 Å². The molecule has 2 aromatic carbocycles. The van der Waals surface area contributed by atoms with E-state index >= 15 is 4.39 Å². The van der Waals surface area contributed by atoms with Crippen molar-refractivity contribution in [1.29, 1.82) is 0 Å². The Morgan fingerprint density at radius 1 is 0.791 bits per heavy atom. The van der Waals surface area contributed by atoms with E-state index in [9.17, 15) is 22.0 Å². The van der Waals surface area contributed by atoms with Crippen LogP contribution in [-0.4, -0.2) is 38.8 Å². The van der Waals surface area contributed by atoms with Gasteiger partial charge in [-0.25, -0.2) is 17.6 Å². The molecule has 2 heterocycles. The molecular weight excluding hydrogens is 578 g/mol. The van der Waals surface area contributed by atoms with Gasteiger partial charge in [0.2, 0.25) is 0 Å². The van der Waals surface area contributed by atoms with Crippen LogP contribution in [0.15, 0.2) is 30.3 Å². The summed E-state index contributed by atoms with van der Waals surface area (Å²) >= 11 is 0. The van der Waals surface area contributed by atoms with Crippen LogP contribution in [0.5, 0.6) is 5.75 Å². The van der Waals surface area contributed by atoms with Gasteiger partial charge in [0.25, 0.3) is 0 Å². The molecule has 0 amide bonds. The Morgan fingerprint density at radius 2 is 1.44 bits per heavy atom. The highest BCUT2D eigenvalue weighted by molar-refractivity contribution is 5.29. The standard InChI is InChI=1S/C32H38F6O5/c1-2-3-4-5-19-15-39-31(40-16-19)21-8-11-25(26(33)12-21)22-17-41-30(42-18-22)20-6-9-23(10-7-20)32(37,38)43-24-13-27(34)29(36)28(35)14-24/h8,11-14,19-20,22-23,30-31H,2-7,9-10,15-18H2,1H3. The third kappa shape index (κ3) is 7.85. The Balaban J connectivity index is 1.08. The van der Waals surface area contributed by atoms with Crippen molar-refractivity contribution in [2.24, 2.45) is 17.8 Å². The van der Waals surface area contributed by atoms with Crippen LogP contribution in [0.1, 0.15) is 81.6 Å². The molecule has 2 aromatic rings. The van der Waals surface area contributed by atoms with E-state index < -0.39 is 53.6 Å². The molecule has 0 bridgehead atoms. The Hall–Kier alpha value is -2.34. The summed E-state index contributed by atoms with van der Waals surface area (Å²) in [5, 5.41) is 0. The summed E-state index contributed by atoms with van der Waals surface area (Å²) in [6.07, 6.45) is 0.491. The number of hydrogen-bond acceptors (Lipinski definition) is 5. The number of ether oxygens (including phenoxy) is 5. The second-order valence-corrected chi connectivity index (χ2v) is 11.8. The number of halogens is 6. The molecule has 3 fully saturated rings. The van der Waals surface area contributed by atoms with Crippen LogP contribution < -0.4 is 4.74 Å². The first-order valence-electron chi connectivity index (χ1n) is 15.1. The molecule has 0 N–H and O–H groups in total. The molecule has 0 radical (unpaired) electrons. The maximum Gasteiger partial charge on any atom is 0.400 e. The SMILES string of the molecule is CCCCCC1COC(c2ccc(C3COC(C4CCC(C(F)(F)Oc5cc(F)c(F)c(F)c5)CC4)OC3)c(F)c2)OC1. The van der Waals surface area contributed by atoms with Crippen molar-refractivity contribution in [3.63, 3.8) is 0 Å². The topological polar surface area (TPSA) is 46.2 Å². The van der Waals surface area contributed by atoms with Crippen molar-refractivity contribution in [3.05, 3.63) is 64.7 Å². The predicted molar refractivity (Wildman–Crippen MR) is 144 cm³/mol. The molecule has 2 saturated heterocycles. The molecule has 2 aliphatic heterocycles. The van der Waals surface area contributed by atoms with Crippen LogP contribution in [0.2, 0.25) is 0 Å². The molecule has 238 valence electrons. The van der Waals surface area contributed by atoms with Crippen LogP contribution in [0.3, 0.4) is 0 Å². The first-order valence-corrected chi connectivity index (χ1v) is 15.1. The average Bonchev–Trinajstić information content (AvgIpc) is 3.00. The van der Waals surface area contributed by atoms with E-state index in [1.807, 2.05) is 0 Å². The number of unbranched alkanes of at least 4 members (excludes halogenated alkanes) is 2. The predicted octanol–water partition coefficient (Wildman–Crippen LogP) is 8.42. The lowest BCUT2D eigenvalue weighted by Gasteiger charge is -2.39. The Labute approximate surface area is 247 Å². The molecule has 43 heavy (non-hydrogen) atoms. The number of alkyl halides is 2. The third-order valence-corrected chi connectivity index (χ3v) is 8.69. The Morgan fingerprint density at radius 3 is 2.05 bits per heavy atom. The van der Waals surface area contributed by atoms with Gasteiger partial charge in [-0.05, 0) is 43.7 Å². The summed E-state index contributed by atoms with van der Waals surface area (Å²) in [5.74, 6) is -7.45. The van der Waals surface area contributed by atoms with Gasteiger partial charge in [-0.15, -0.1) is 0 Å². The quantitative estimate of drug-likeness (QED) is 0.152. The lowest BCUT2D eigenvalue weighted by molar-refractivity contribution is -0.242. The molecule has 3 aliphatic rings. The van der Waals surface area contributed by atoms with Gasteiger partial charge in [-0.2, -0.15) is 8.78 Å². The van der Waals surface area contributed by atoms with Gasteiger partial charge >= 0.3 is 6.11 Å². The number of rotatable bonds is 10. The molecule has 0 atom stereocenters. The fourth-order valence-electron chi connectivity index (χ4n) is 6.14. The van der Waals surface area contributed by atoms with Crippen molar-refractivity contribution in [3.8, 4) is 5.75 Å². The zero-order chi connectivity index (χ0) is 30.6. The van der Waals surface area contributed by atoms with Gasteiger partial charge in [0.05, 0.1) is 32.3 Å². The van der Waals surface area contributed by atoms with E-state index in [1.54, 1.807) is 12.1 Å². The minimum absolute atomic E-state index is 0.0668. The first-order chi connectivity index (χ1) is 20.6. The van der Waals surface area contributed by atoms with Crippen LogP contribution in [0.4, 0.5) is 26.3 Å². The summed E-state index contributed by atoms with van der Waals surface area (Å²) in [6, 6.07) is 5.73. The van der Waals surface area contributed by atoms with E-state index in [1.165, 1.54) is 12.5 Å². The summed E-state index contributed by atoms with van der Waals surface area (Å²) in [5.41, 5.74) is 1.08. The molecule has 5 rings (SSSR count). The van der Waals surface area contributed by atoms with Gasteiger partial charge in [-0.3, -0.25) is 0 Å². The lowest BCUT2D eigenvalue weighted by Crippen LogP contribution is -2.41. The Bertz CT molecular complexity index is 1180. The smallest absolute Gasteiger partial charge is 0.400 e. The molecule has 1 saturated carbocycles. The van der Waals surface area contributed by atoms with E-state index in [0.29, 0.717) is 55.2 Å². The molecular formula is C32H38F6O5. The van der Waals surface area contributed by atoms with E-state index in [-0.39, 0.29) is 37.9 Å². The zero-order valence-corrected chi connectivity index (χ0v) is 24.1. The van der Waals surface area contributed by atoms with Gasteiger partial charge in [0.1, 0.15) is 11.6 Å². The number of benzene rings is 2. The molecule has 11 heteroatoms. The zero-order valence-electron chi connectivity index (χ0n) is 24.1. The van der Waals surface area contributed by atoms with Crippen molar-refractivity contribution in [1.82, 2.24) is 0 Å². The lowest BCUT2D eigenvalue weighted by atomic mass is 9.80. The second kappa shape index (κ2) is 14.2. The summed E-state index contributed by atoms with van der Waals surface area (Å²) in [7, 11) is 0. The van der Waals surface area contributed by atoms with Crippen molar-refractivity contribution >= 4 is 0 Å². The fraction of sp³-hybridized carbons (Fsp3) is 0.625. The highest BCUT2D eigenvalue weighted by Crippen LogP contribution is 2.43.